The summed E-state index contributed by atoms with van der Waals surface area (Å²) in [5.74, 6) is 0. The average Bonchev–Trinajstić information content (AvgIpc) is 1.97. The van der Waals surface area contributed by atoms with Crippen molar-refractivity contribution in [1.82, 2.24) is 0 Å². The number of allylic oxidation sites excluding steroid dienone is 2. The molecule has 0 aromatic carbocycles. The van der Waals surface area contributed by atoms with Gasteiger partial charge >= 0.3 is 0 Å². The van der Waals surface area contributed by atoms with Crippen LogP contribution in [-0.4, -0.2) is 6.04 Å². The van der Waals surface area contributed by atoms with Crippen LogP contribution in [0.3, 0.4) is 0 Å². The Balaban J connectivity index is 0.000000292. The summed E-state index contributed by atoms with van der Waals surface area (Å²) in [6, 6.07) is 0.443. The quantitative estimate of drug-likeness (QED) is 0.532. The zero-order chi connectivity index (χ0) is 8.69. The maximum atomic E-state index is 5.65. The van der Waals surface area contributed by atoms with Crippen molar-refractivity contribution in [2.24, 2.45) is 5.73 Å². The Bertz CT molecular complexity index is 136. The fourth-order valence-corrected chi connectivity index (χ4v) is 0.986. The summed E-state index contributed by atoms with van der Waals surface area (Å²) >= 11 is 0. The lowest BCUT2D eigenvalue weighted by Crippen LogP contribution is -2.21. The molecule has 0 amide bonds. The summed E-state index contributed by atoms with van der Waals surface area (Å²) in [5, 5.41) is 0. The van der Waals surface area contributed by atoms with Crippen LogP contribution in [0.15, 0.2) is 24.3 Å². The third-order valence-corrected chi connectivity index (χ3v) is 1.68. The highest BCUT2D eigenvalue weighted by atomic mass is 14.6. The van der Waals surface area contributed by atoms with Crippen LogP contribution >= 0.6 is 0 Å². The highest BCUT2D eigenvalue weighted by Crippen LogP contribution is 2.14. The molecule has 1 atom stereocenters. The molecule has 0 aliphatic heterocycles. The highest BCUT2D eigenvalue weighted by Gasteiger charge is 2.05. The molecule has 1 nitrogen and oxygen atoms in total. The van der Waals surface area contributed by atoms with E-state index in [9.17, 15) is 0 Å². The van der Waals surface area contributed by atoms with Crippen molar-refractivity contribution in [3.63, 3.8) is 0 Å². The Labute approximate surface area is 70.0 Å². The molecule has 0 aromatic rings. The van der Waals surface area contributed by atoms with Crippen LogP contribution in [0.1, 0.15) is 33.1 Å². The summed E-state index contributed by atoms with van der Waals surface area (Å²) < 4.78 is 0. The molecule has 1 unspecified atom stereocenters. The van der Waals surface area contributed by atoms with Crippen LogP contribution in [0.4, 0.5) is 0 Å². The van der Waals surface area contributed by atoms with E-state index in [0.717, 1.165) is 6.42 Å². The normalized spacial score (nSPS) is 22.8. The fraction of sp³-hybridized carbons (Fsp3) is 0.600. The van der Waals surface area contributed by atoms with E-state index in [1.165, 1.54) is 18.4 Å². The smallest absolute Gasteiger partial charge is 0.00765 e. The number of nitrogens with two attached hydrogens (primary N) is 1. The minimum Gasteiger partial charge on any atom is -0.327 e. The average molecular weight is 153 g/mol. The SMILES string of the molecule is C=CC.CC1=CCC(N)CC1. The van der Waals surface area contributed by atoms with Gasteiger partial charge in [0.1, 0.15) is 0 Å². The second-order valence-corrected chi connectivity index (χ2v) is 2.99. The van der Waals surface area contributed by atoms with Crippen LogP contribution in [0, 0.1) is 0 Å². The highest BCUT2D eigenvalue weighted by molar-refractivity contribution is 5.03. The maximum Gasteiger partial charge on any atom is 0.00765 e. The summed E-state index contributed by atoms with van der Waals surface area (Å²) in [5.41, 5.74) is 7.16. The van der Waals surface area contributed by atoms with Gasteiger partial charge in [-0.1, -0.05) is 17.7 Å². The van der Waals surface area contributed by atoms with Gasteiger partial charge in [-0.05, 0) is 33.1 Å². The van der Waals surface area contributed by atoms with Gasteiger partial charge in [0.25, 0.3) is 0 Å². The molecule has 0 heterocycles. The van der Waals surface area contributed by atoms with E-state index >= 15 is 0 Å². The predicted octanol–water partition coefficient (Wildman–Crippen LogP) is 2.64. The first-order chi connectivity index (χ1) is 5.20. The number of rotatable bonds is 0. The lowest BCUT2D eigenvalue weighted by atomic mass is 9.97. The lowest BCUT2D eigenvalue weighted by Gasteiger charge is -2.14. The van der Waals surface area contributed by atoms with Gasteiger partial charge in [0, 0.05) is 6.04 Å². The van der Waals surface area contributed by atoms with Crippen LogP contribution in [0.25, 0.3) is 0 Å². The Morgan fingerprint density at radius 2 is 2.27 bits per heavy atom. The topological polar surface area (TPSA) is 26.0 Å². The maximum absolute atomic E-state index is 5.65. The molecule has 1 heteroatoms. The minimum absolute atomic E-state index is 0.443. The van der Waals surface area contributed by atoms with Gasteiger partial charge in [-0.3, -0.25) is 0 Å². The summed E-state index contributed by atoms with van der Waals surface area (Å²) in [6.07, 6.45) is 7.48. The molecule has 64 valence electrons. The Kier molecular flexibility index (Phi) is 5.86. The van der Waals surface area contributed by atoms with E-state index in [-0.39, 0.29) is 0 Å². The van der Waals surface area contributed by atoms with Crippen molar-refractivity contribution >= 4 is 0 Å². The molecular formula is C10H19N. The van der Waals surface area contributed by atoms with Crippen molar-refractivity contribution in [3.8, 4) is 0 Å². The monoisotopic (exact) mass is 153 g/mol. The summed E-state index contributed by atoms with van der Waals surface area (Å²) in [7, 11) is 0. The molecule has 2 N–H and O–H groups in total. The third-order valence-electron chi connectivity index (χ3n) is 1.68. The van der Waals surface area contributed by atoms with Gasteiger partial charge in [-0.25, -0.2) is 0 Å². The second kappa shape index (κ2) is 6.17. The van der Waals surface area contributed by atoms with E-state index in [1.807, 2.05) is 6.92 Å². The second-order valence-electron chi connectivity index (χ2n) is 2.99. The molecule has 1 aliphatic carbocycles. The molecule has 0 radical (unpaired) electrons. The van der Waals surface area contributed by atoms with Gasteiger partial charge in [0.05, 0.1) is 0 Å². The van der Waals surface area contributed by atoms with Crippen LogP contribution in [0.5, 0.6) is 0 Å². The molecule has 0 aromatic heterocycles. The van der Waals surface area contributed by atoms with Crippen molar-refractivity contribution in [2.75, 3.05) is 0 Å². The Hall–Kier alpha value is -0.560. The van der Waals surface area contributed by atoms with E-state index in [4.69, 9.17) is 5.73 Å². The molecule has 1 rings (SSSR count). The molecule has 0 bridgehead atoms. The summed E-state index contributed by atoms with van der Waals surface area (Å²) in [4.78, 5) is 0. The Morgan fingerprint density at radius 1 is 1.73 bits per heavy atom. The molecule has 0 spiro atoms. The lowest BCUT2D eigenvalue weighted by molar-refractivity contribution is 0.590. The van der Waals surface area contributed by atoms with Crippen molar-refractivity contribution in [1.29, 1.82) is 0 Å². The largest absolute Gasteiger partial charge is 0.327 e. The van der Waals surface area contributed by atoms with Crippen LogP contribution in [-0.2, 0) is 0 Å². The first-order valence-electron chi connectivity index (χ1n) is 4.19. The first kappa shape index (κ1) is 10.4. The molecule has 0 saturated heterocycles. The van der Waals surface area contributed by atoms with E-state index < -0.39 is 0 Å². The standard InChI is InChI=1S/C7H13N.C3H6/c1-6-2-4-7(8)5-3-6;1-3-2/h2,7H,3-5,8H2,1H3;3H,1H2,2H3. The van der Waals surface area contributed by atoms with Gasteiger partial charge in [0.15, 0.2) is 0 Å². The Morgan fingerprint density at radius 3 is 2.55 bits per heavy atom. The van der Waals surface area contributed by atoms with E-state index in [0.29, 0.717) is 6.04 Å². The molecule has 0 fully saturated rings. The van der Waals surface area contributed by atoms with Gasteiger partial charge in [-0.2, -0.15) is 0 Å². The minimum atomic E-state index is 0.443. The van der Waals surface area contributed by atoms with Gasteiger partial charge in [-0.15, -0.1) is 6.58 Å². The van der Waals surface area contributed by atoms with Crippen molar-refractivity contribution in [3.05, 3.63) is 24.3 Å². The van der Waals surface area contributed by atoms with E-state index in [2.05, 4.69) is 19.6 Å². The van der Waals surface area contributed by atoms with Crippen molar-refractivity contribution < 1.29 is 0 Å². The first-order valence-corrected chi connectivity index (χ1v) is 4.19. The molecule has 1 aliphatic rings. The predicted molar refractivity (Wildman–Crippen MR) is 51.5 cm³/mol. The summed E-state index contributed by atoms with van der Waals surface area (Å²) in [6.45, 7) is 7.42. The van der Waals surface area contributed by atoms with Crippen LogP contribution in [0.2, 0.25) is 0 Å². The molecular weight excluding hydrogens is 134 g/mol. The zero-order valence-electron chi connectivity index (χ0n) is 7.64. The van der Waals surface area contributed by atoms with Crippen molar-refractivity contribution in [2.45, 2.75) is 39.2 Å². The van der Waals surface area contributed by atoms with Gasteiger partial charge < -0.3 is 5.73 Å². The molecule has 11 heavy (non-hydrogen) atoms. The van der Waals surface area contributed by atoms with E-state index in [1.54, 1.807) is 6.08 Å². The number of hydrogen-bond donors (Lipinski definition) is 1. The van der Waals surface area contributed by atoms with Crippen LogP contribution < -0.4 is 5.73 Å². The van der Waals surface area contributed by atoms with Gasteiger partial charge in [0.2, 0.25) is 0 Å². The molecule has 0 saturated carbocycles. The zero-order valence-corrected chi connectivity index (χ0v) is 7.64. The third kappa shape index (κ3) is 5.86. The number of hydrogen-bond acceptors (Lipinski definition) is 1. The fourth-order valence-electron chi connectivity index (χ4n) is 0.986.